The number of aromatic nitrogens is 4. The summed E-state index contributed by atoms with van der Waals surface area (Å²) in [5, 5.41) is 12.2. The van der Waals surface area contributed by atoms with Crippen molar-refractivity contribution in [3.63, 3.8) is 0 Å². The van der Waals surface area contributed by atoms with E-state index in [1.54, 1.807) is 29.8 Å². The molecule has 0 spiro atoms. The van der Waals surface area contributed by atoms with Crippen LogP contribution in [-0.4, -0.2) is 25.5 Å². The van der Waals surface area contributed by atoms with Gasteiger partial charge in [0.2, 0.25) is 0 Å². The van der Waals surface area contributed by atoms with E-state index in [9.17, 15) is 9.18 Å². The number of hydrogen-bond donors (Lipinski definition) is 1. The maximum atomic E-state index is 13.3. The first-order valence-electron chi connectivity index (χ1n) is 10.2. The van der Waals surface area contributed by atoms with Gasteiger partial charge in [-0.1, -0.05) is 17.7 Å². The van der Waals surface area contributed by atoms with Crippen LogP contribution in [0.15, 0.2) is 39.2 Å². The Morgan fingerprint density at radius 3 is 2.42 bits per heavy atom. The number of amides is 1. The zero-order chi connectivity index (χ0) is 23.9. The number of rotatable bonds is 6. The fraction of sp³-hybridized carbons (Fsp3) is 0.261. The van der Waals surface area contributed by atoms with E-state index in [1.165, 1.54) is 12.1 Å². The average molecular weight is 535 g/mol. The SMILES string of the molecule is Cc1nn(Cc2ccc(C(=O)Nc3c(C)nn(Cc4ccc(F)cc4Cl)c3C)o2)c(C)c1Br. The number of furan rings is 1. The second kappa shape index (κ2) is 9.15. The fourth-order valence-corrected chi connectivity index (χ4v) is 4.09. The topological polar surface area (TPSA) is 77.9 Å². The molecule has 0 atom stereocenters. The van der Waals surface area contributed by atoms with E-state index in [0.29, 0.717) is 35.3 Å². The van der Waals surface area contributed by atoms with E-state index in [1.807, 2.05) is 25.5 Å². The summed E-state index contributed by atoms with van der Waals surface area (Å²) in [6.45, 7) is 8.30. The number of nitrogens with one attached hydrogen (secondary N) is 1. The Morgan fingerprint density at radius 2 is 1.76 bits per heavy atom. The molecule has 0 aliphatic rings. The molecule has 0 unspecified atom stereocenters. The molecule has 7 nitrogen and oxygen atoms in total. The Morgan fingerprint density at radius 1 is 1.06 bits per heavy atom. The number of carbonyl (C=O) groups excluding carboxylic acids is 1. The number of halogens is 3. The maximum absolute atomic E-state index is 13.3. The Bertz CT molecular complexity index is 1360. The summed E-state index contributed by atoms with van der Waals surface area (Å²) >= 11 is 9.66. The molecule has 0 fully saturated rings. The van der Waals surface area contributed by atoms with Crippen LogP contribution in [0.1, 0.15) is 44.7 Å². The first-order chi connectivity index (χ1) is 15.6. The number of carbonyl (C=O) groups is 1. The van der Waals surface area contributed by atoms with E-state index < -0.39 is 5.82 Å². The molecule has 4 rings (SSSR count). The van der Waals surface area contributed by atoms with Gasteiger partial charge in [-0.25, -0.2) is 4.39 Å². The summed E-state index contributed by atoms with van der Waals surface area (Å²) in [5.74, 6) is 0.0433. The van der Waals surface area contributed by atoms with Crippen LogP contribution in [0.4, 0.5) is 10.1 Å². The van der Waals surface area contributed by atoms with Gasteiger partial charge in [-0.15, -0.1) is 0 Å². The van der Waals surface area contributed by atoms with Gasteiger partial charge in [0.1, 0.15) is 11.6 Å². The summed E-state index contributed by atoms with van der Waals surface area (Å²) in [6.07, 6.45) is 0. The molecule has 3 aromatic heterocycles. The second-order valence-corrected chi connectivity index (χ2v) is 9.00. The number of nitrogens with zero attached hydrogens (tertiary/aromatic N) is 4. The van der Waals surface area contributed by atoms with Gasteiger partial charge in [-0.2, -0.15) is 10.2 Å². The van der Waals surface area contributed by atoms with Crippen LogP contribution < -0.4 is 5.32 Å². The quantitative estimate of drug-likeness (QED) is 0.339. The lowest BCUT2D eigenvalue weighted by molar-refractivity contribution is 0.0994. The zero-order valence-electron chi connectivity index (χ0n) is 18.5. The Kier molecular flexibility index (Phi) is 6.45. The molecule has 1 N–H and O–H groups in total. The van der Waals surface area contributed by atoms with Crippen LogP contribution in [-0.2, 0) is 13.1 Å². The van der Waals surface area contributed by atoms with Crippen molar-refractivity contribution in [2.45, 2.75) is 40.8 Å². The molecular weight excluding hydrogens is 513 g/mol. The molecule has 1 aromatic carbocycles. The van der Waals surface area contributed by atoms with E-state index in [-0.39, 0.29) is 11.7 Å². The predicted octanol–water partition coefficient (Wildman–Crippen LogP) is 5.81. The number of hydrogen-bond acceptors (Lipinski definition) is 4. The van der Waals surface area contributed by atoms with Crippen molar-refractivity contribution < 1.29 is 13.6 Å². The van der Waals surface area contributed by atoms with Crippen molar-refractivity contribution in [2.24, 2.45) is 0 Å². The first-order valence-corrected chi connectivity index (χ1v) is 11.4. The molecule has 0 bridgehead atoms. The largest absolute Gasteiger partial charge is 0.454 e. The molecule has 0 aliphatic carbocycles. The molecule has 0 saturated carbocycles. The molecule has 4 aromatic rings. The standard InChI is InChI=1S/C23H22BrClFN5O2/c1-12-21(24)14(3)31(28-12)11-18-7-8-20(33-18)23(32)27-22-13(2)29-30(15(22)4)10-16-5-6-17(26)9-19(16)25/h5-9H,10-11H2,1-4H3,(H,27,32). The predicted molar refractivity (Wildman–Crippen MR) is 127 cm³/mol. The minimum absolute atomic E-state index is 0.193. The lowest BCUT2D eigenvalue weighted by atomic mass is 10.2. The van der Waals surface area contributed by atoms with Gasteiger partial charge >= 0.3 is 0 Å². The monoisotopic (exact) mass is 533 g/mol. The van der Waals surface area contributed by atoms with Gasteiger partial charge in [-0.05, 0) is 73.5 Å². The second-order valence-electron chi connectivity index (χ2n) is 7.80. The third kappa shape index (κ3) is 4.74. The van der Waals surface area contributed by atoms with Crippen molar-refractivity contribution in [3.8, 4) is 0 Å². The summed E-state index contributed by atoms with van der Waals surface area (Å²) in [7, 11) is 0. The van der Waals surface area contributed by atoms with Gasteiger partial charge in [0.25, 0.3) is 5.91 Å². The van der Waals surface area contributed by atoms with Crippen LogP contribution in [0, 0.1) is 33.5 Å². The van der Waals surface area contributed by atoms with Gasteiger partial charge in [0.15, 0.2) is 5.76 Å². The Labute approximate surface area is 203 Å². The molecule has 33 heavy (non-hydrogen) atoms. The highest BCUT2D eigenvalue weighted by atomic mass is 79.9. The van der Waals surface area contributed by atoms with Crippen LogP contribution in [0.5, 0.6) is 0 Å². The molecule has 3 heterocycles. The van der Waals surface area contributed by atoms with Gasteiger partial charge < -0.3 is 9.73 Å². The first kappa shape index (κ1) is 23.3. The van der Waals surface area contributed by atoms with Crippen LogP contribution in [0.3, 0.4) is 0 Å². The highest BCUT2D eigenvalue weighted by molar-refractivity contribution is 9.10. The molecule has 0 radical (unpaired) electrons. The molecule has 0 saturated heterocycles. The summed E-state index contributed by atoms with van der Waals surface area (Å²) < 4.78 is 23.6. The van der Waals surface area contributed by atoms with E-state index in [2.05, 4.69) is 31.4 Å². The summed E-state index contributed by atoms with van der Waals surface area (Å²) in [5.41, 5.74) is 4.60. The molecule has 10 heteroatoms. The lowest BCUT2D eigenvalue weighted by Gasteiger charge is -2.08. The van der Waals surface area contributed by atoms with Crippen molar-refractivity contribution in [1.82, 2.24) is 19.6 Å². The van der Waals surface area contributed by atoms with Gasteiger partial charge in [0, 0.05) is 5.02 Å². The lowest BCUT2D eigenvalue weighted by Crippen LogP contribution is -2.13. The van der Waals surface area contributed by atoms with Crippen molar-refractivity contribution in [1.29, 1.82) is 0 Å². The molecule has 1 amide bonds. The van der Waals surface area contributed by atoms with Gasteiger partial charge in [0.05, 0.1) is 46.0 Å². The molecule has 172 valence electrons. The fourth-order valence-electron chi connectivity index (χ4n) is 3.58. The van der Waals surface area contributed by atoms with Crippen LogP contribution in [0.25, 0.3) is 0 Å². The highest BCUT2D eigenvalue weighted by Gasteiger charge is 2.19. The third-order valence-corrected chi connectivity index (χ3v) is 6.94. The number of aryl methyl sites for hydroxylation is 2. The van der Waals surface area contributed by atoms with E-state index >= 15 is 0 Å². The molecular formula is C23H22BrClFN5O2. The minimum Gasteiger partial charge on any atom is -0.454 e. The van der Waals surface area contributed by atoms with E-state index in [4.69, 9.17) is 16.0 Å². The number of benzene rings is 1. The smallest absolute Gasteiger partial charge is 0.291 e. The average Bonchev–Trinajstić information content (AvgIpc) is 3.40. The summed E-state index contributed by atoms with van der Waals surface area (Å²) in [4.78, 5) is 12.8. The summed E-state index contributed by atoms with van der Waals surface area (Å²) in [6, 6.07) is 7.65. The maximum Gasteiger partial charge on any atom is 0.291 e. The van der Waals surface area contributed by atoms with E-state index in [0.717, 1.165) is 27.1 Å². The van der Waals surface area contributed by atoms with Crippen molar-refractivity contribution in [2.75, 3.05) is 5.32 Å². The Hall–Kier alpha value is -2.91. The third-order valence-electron chi connectivity index (χ3n) is 5.44. The van der Waals surface area contributed by atoms with Crippen molar-refractivity contribution in [3.05, 3.63) is 85.5 Å². The van der Waals surface area contributed by atoms with Crippen LogP contribution >= 0.6 is 27.5 Å². The van der Waals surface area contributed by atoms with Crippen molar-refractivity contribution >= 4 is 39.1 Å². The Balaban J connectivity index is 1.49. The van der Waals surface area contributed by atoms with Crippen LogP contribution in [0.2, 0.25) is 5.02 Å². The normalized spacial score (nSPS) is 11.2. The highest BCUT2D eigenvalue weighted by Crippen LogP contribution is 2.25. The molecule has 0 aliphatic heterocycles. The number of anilines is 1. The minimum atomic E-state index is -0.395. The van der Waals surface area contributed by atoms with Gasteiger partial charge in [-0.3, -0.25) is 14.2 Å². The zero-order valence-corrected chi connectivity index (χ0v) is 20.9.